The van der Waals surface area contributed by atoms with Crippen LogP contribution in [0, 0.1) is 11.8 Å². The maximum atomic E-state index is 10.2. The number of carbonyl (C=O) groups is 4. The minimum Gasteiger partial charge on any atom is -0.542 e. The predicted molar refractivity (Wildman–Crippen MR) is 59.1 cm³/mol. The summed E-state index contributed by atoms with van der Waals surface area (Å²) in [6, 6.07) is 0. The molecule has 0 fully saturated rings. The third kappa shape index (κ3) is 13.6. The molecule has 0 aliphatic rings. The van der Waals surface area contributed by atoms with E-state index in [1.54, 1.807) is 0 Å². The number of rotatable bonds is 4. The Balaban J connectivity index is -0.0000000980. The third-order valence-corrected chi connectivity index (χ3v) is 1.45. The molecule has 0 amide bonds. The van der Waals surface area contributed by atoms with Gasteiger partial charge in [-0.3, -0.25) is 9.59 Å². The number of aliphatic carboxylic acids is 2. The smallest absolute Gasteiger partial charge is 0.542 e. The summed E-state index contributed by atoms with van der Waals surface area (Å²) in [5.41, 5.74) is 0. The fourth-order valence-corrected chi connectivity index (χ4v) is 0.471. The Labute approximate surface area is 135 Å². The van der Waals surface area contributed by atoms with E-state index in [1.165, 1.54) is 27.7 Å². The molecule has 0 rings (SSSR count). The number of Topliss-reactive ketones (excluding diaryl/α,β-unsaturated/α-hetero) is 2. The van der Waals surface area contributed by atoms with Gasteiger partial charge in [-0.05, 0) is 0 Å². The van der Waals surface area contributed by atoms with Crippen LogP contribution in [-0.2, 0) is 19.2 Å². The zero-order valence-electron chi connectivity index (χ0n) is 10.8. The standard InChI is InChI=1S/2C5H8O3.Ca.H2O/c2*1-3(2)4(6)5(7)8;;/h2*3H,1-2H3,(H,7,8);;1H2/q;;+2;/p-2. The van der Waals surface area contributed by atoms with Gasteiger partial charge in [-0.25, -0.2) is 0 Å². The molecule has 8 heteroatoms. The monoisotopic (exact) mass is 288 g/mol. The number of carboxylic acids is 2. The van der Waals surface area contributed by atoms with E-state index < -0.39 is 35.3 Å². The van der Waals surface area contributed by atoms with Gasteiger partial charge in [0.2, 0.25) is 0 Å². The van der Waals surface area contributed by atoms with Crippen LogP contribution >= 0.6 is 0 Å². The second kappa shape index (κ2) is 12.9. The Morgan fingerprint density at radius 1 is 0.722 bits per heavy atom. The summed E-state index contributed by atoms with van der Waals surface area (Å²) in [5.74, 6) is -5.80. The Morgan fingerprint density at radius 2 is 0.889 bits per heavy atom. The molecule has 0 bridgehead atoms. The van der Waals surface area contributed by atoms with E-state index in [-0.39, 0.29) is 43.2 Å². The first-order chi connectivity index (χ1) is 7.11. The Morgan fingerprint density at radius 3 is 0.889 bits per heavy atom. The first-order valence-corrected chi connectivity index (χ1v) is 4.61. The Bertz CT molecular complexity index is 267. The van der Waals surface area contributed by atoms with Crippen molar-refractivity contribution in [2.24, 2.45) is 11.8 Å². The van der Waals surface area contributed by atoms with Crippen LogP contribution in [0.1, 0.15) is 27.7 Å². The molecule has 0 aromatic carbocycles. The van der Waals surface area contributed by atoms with E-state index in [0.29, 0.717) is 0 Å². The first kappa shape index (κ1) is 26.1. The van der Waals surface area contributed by atoms with Crippen LogP contribution in [0.2, 0.25) is 0 Å². The Kier molecular flexibility index (Phi) is 18.8. The minimum absolute atomic E-state index is 0. The molecular weight excluding hydrogens is 272 g/mol. The molecule has 0 aliphatic heterocycles. The van der Waals surface area contributed by atoms with E-state index >= 15 is 0 Å². The van der Waals surface area contributed by atoms with E-state index in [0.717, 1.165) is 0 Å². The average Bonchev–Trinajstić information content (AvgIpc) is 2.15. The van der Waals surface area contributed by atoms with Crippen molar-refractivity contribution in [3.63, 3.8) is 0 Å². The minimum atomic E-state index is -1.60. The van der Waals surface area contributed by atoms with Gasteiger partial charge in [0.25, 0.3) is 0 Å². The van der Waals surface area contributed by atoms with Crippen molar-refractivity contribution in [3.8, 4) is 0 Å². The number of ketones is 2. The van der Waals surface area contributed by atoms with Crippen LogP contribution in [0.3, 0.4) is 0 Å². The van der Waals surface area contributed by atoms with Crippen molar-refractivity contribution in [1.29, 1.82) is 0 Å². The molecule has 0 aromatic rings. The van der Waals surface area contributed by atoms with Crippen molar-refractivity contribution < 1.29 is 34.9 Å². The molecule has 100 valence electrons. The van der Waals surface area contributed by atoms with Crippen LogP contribution < -0.4 is 10.2 Å². The topological polar surface area (TPSA) is 146 Å². The molecule has 0 radical (unpaired) electrons. The van der Waals surface area contributed by atoms with Gasteiger partial charge in [0.05, 0.1) is 0 Å². The van der Waals surface area contributed by atoms with Crippen LogP contribution in [-0.4, -0.2) is 66.7 Å². The summed E-state index contributed by atoms with van der Waals surface area (Å²) >= 11 is 0. The molecule has 0 heterocycles. The predicted octanol–water partition coefficient (Wildman–Crippen LogP) is -3.28. The van der Waals surface area contributed by atoms with Gasteiger partial charge in [0, 0.05) is 11.8 Å². The zero-order chi connectivity index (χ0) is 13.5. The second-order valence-electron chi connectivity index (χ2n) is 3.61. The van der Waals surface area contributed by atoms with Gasteiger partial charge < -0.3 is 25.3 Å². The van der Waals surface area contributed by atoms with Gasteiger partial charge in [0.1, 0.15) is 11.9 Å². The van der Waals surface area contributed by atoms with Crippen molar-refractivity contribution in [2.75, 3.05) is 0 Å². The summed E-state index contributed by atoms with van der Waals surface area (Å²) in [7, 11) is 0. The summed E-state index contributed by atoms with van der Waals surface area (Å²) in [6.07, 6.45) is 0. The fourth-order valence-electron chi connectivity index (χ4n) is 0.471. The quantitative estimate of drug-likeness (QED) is 0.391. The molecule has 0 atom stereocenters. The molecule has 0 aromatic heterocycles. The summed E-state index contributed by atoms with van der Waals surface area (Å²) in [6.45, 7) is 6.05. The molecule has 0 spiro atoms. The van der Waals surface area contributed by atoms with Crippen LogP contribution in [0.25, 0.3) is 0 Å². The van der Waals surface area contributed by atoms with Crippen LogP contribution in [0.15, 0.2) is 0 Å². The second-order valence-corrected chi connectivity index (χ2v) is 3.61. The normalized spacial score (nSPS) is 8.33. The van der Waals surface area contributed by atoms with Gasteiger partial charge in [-0.1, -0.05) is 27.7 Å². The largest absolute Gasteiger partial charge is 2.00 e. The van der Waals surface area contributed by atoms with E-state index in [2.05, 4.69) is 0 Å². The molecule has 0 saturated heterocycles. The molecule has 0 saturated carbocycles. The van der Waals surface area contributed by atoms with Gasteiger partial charge >= 0.3 is 37.7 Å². The fraction of sp³-hybridized carbons (Fsp3) is 0.600. The van der Waals surface area contributed by atoms with Crippen molar-refractivity contribution in [2.45, 2.75) is 27.7 Å². The molecule has 0 aliphatic carbocycles. The van der Waals surface area contributed by atoms with Crippen molar-refractivity contribution in [3.05, 3.63) is 0 Å². The maximum absolute atomic E-state index is 10.2. The molecule has 2 N–H and O–H groups in total. The molecule has 18 heavy (non-hydrogen) atoms. The number of hydrogen-bond donors (Lipinski definition) is 0. The molecular formula is C10H16CaO7. The van der Waals surface area contributed by atoms with E-state index in [4.69, 9.17) is 0 Å². The number of carboxylic acid groups (broad SMARTS) is 2. The third-order valence-electron chi connectivity index (χ3n) is 1.45. The van der Waals surface area contributed by atoms with Gasteiger partial charge in [-0.2, -0.15) is 0 Å². The number of carbonyl (C=O) groups excluding carboxylic acids is 4. The van der Waals surface area contributed by atoms with E-state index in [9.17, 15) is 29.4 Å². The van der Waals surface area contributed by atoms with E-state index in [1.807, 2.05) is 0 Å². The maximum Gasteiger partial charge on any atom is 2.00 e. The molecule has 0 unspecified atom stereocenters. The summed E-state index contributed by atoms with van der Waals surface area (Å²) in [4.78, 5) is 39.7. The SMILES string of the molecule is CC(C)C(=O)C(=O)[O-].CC(C)C(=O)C(=O)[O-].O.[Ca+2]. The summed E-state index contributed by atoms with van der Waals surface area (Å²) < 4.78 is 0. The Hall–Kier alpha value is -0.500. The average molecular weight is 288 g/mol. The van der Waals surface area contributed by atoms with Crippen molar-refractivity contribution >= 4 is 61.2 Å². The number of hydrogen-bond acceptors (Lipinski definition) is 6. The summed E-state index contributed by atoms with van der Waals surface area (Å²) in [5, 5.41) is 19.4. The van der Waals surface area contributed by atoms with Crippen molar-refractivity contribution in [1.82, 2.24) is 0 Å². The van der Waals surface area contributed by atoms with Crippen LogP contribution in [0.5, 0.6) is 0 Å². The first-order valence-electron chi connectivity index (χ1n) is 4.61. The zero-order valence-corrected chi connectivity index (χ0v) is 13.0. The molecule has 7 nitrogen and oxygen atoms in total. The van der Waals surface area contributed by atoms with Gasteiger partial charge in [-0.15, -0.1) is 0 Å². The van der Waals surface area contributed by atoms with Crippen LogP contribution in [0.4, 0.5) is 0 Å². The van der Waals surface area contributed by atoms with Gasteiger partial charge in [0.15, 0.2) is 11.6 Å².